The van der Waals surface area contributed by atoms with Crippen molar-refractivity contribution in [1.82, 2.24) is 4.90 Å². The molecule has 0 spiro atoms. The molecule has 0 bridgehead atoms. The highest BCUT2D eigenvalue weighted by molar-refractivity contribution is 7.22. The minimum absolute atomic E-state index is 0.00658. The molecule has 0 saturated carbocycles. The van der Waals surface area contributed by atoms with Gasteiger partial charge in [-0.1, -0.05) is 22.7 Å². The van der Waals surface area contributed by atoms with Gasteiger partial charge in [-0.2, -0.15) is 0 Å². The smallest absolute Gasteiger partial charge is 0.251 e. The minimum atomic E-state index is -0.346. The Labute approximate surface area is 123 Å². The molecule has 4 nitrogen and oxygen atoms in total. The second-order valence-electron chi connectivity index (χ2n) is 6.42. The molecule has 0 N–H and O–H groups in total. The van der Waals surface area contributed by atoms with Crippen molar-refractivity contribution in [2.24, 2.45) is 5.41 Å². The summed E-state index contributed by atoms with van der Waals surface area (Å²) in [6.07, 6.45) is 5.68. The van der Waals surface area contributed by atoms with Crippen LogP contribution < -0.4 is 0 Å². The molecule has 1 amide bonds. The van der Waals surface area contributed by atoms with E-state index in [1.54, 1.807) is 17.1 Å². The quantitative estimate of drug-likeness (QED) is 0.511. The van der Waals surface area contributed by atoms with Crippen LogP contribution in [0.5, 0.6) is 0 Å². The first kappa shape index (κ1) is 17.1. The third-order valence-corrected chi connectivity index (χ3v) is 3.87. The Kier molecular flexibility index (Phi) is 5.67. The van der Waals surface area contributed by atoms with Crippen LogP contribution >= 0.6 is 8.86 Å². The lowest BCUT2D eigenvalue weighted by Gasteiger charge is -2.29. The highest BCUT2D eigenvalue weighted by Crippen LogP contribution is 2.21. The maximum atomic E-state index is 11.6. The van der Waals surface area contributed by atoms with Crippen molar-refractivity contribution >= 4 is 26.5 Å². The molecule has 0 aromatic heterocycles. The highest BCUT2D eigenvalue weighted by atomic mass is 31.0. The van der Waals surface area contributed by atoms with E-state index in [0.717, 1.165) is 18.1 Å². The fourth-order valence-corrected chi connectivity index (χ4v) is 2.09. The molecule has 0 aromatic carbocycles. The number of ether oxygens (including phenoxy) is 1. The third kappa shape index (κ3) is 5.18. The molecule has 1 rings (SSSR count). The lowest BCUT2D eigenvalue weighted by Crippen LogP contribution is -2.36. The first-order valence-electron chi connectivity index (χ1n) is 6.85. The van der Waals surface area contributed by atoms with E-state index >= 15 is 0 Å². The molecule has 1 aliphatic rings. The lowest BCUT2D eigenvalue weighted by atomic mass is 9.92. The largest absolute Gasteiger partial charge is 0.375 e. The maximum Gasteiger partial charge on any atom is 0.251 e. The van der Waals surface area contributed by atoms with Gasteiger partial charge in [-0.3, -0.25) is 4.79 Å². The summed E-state index contributed by atoms with van der Waals surface area (Å²) < 4.78 is 5.86. The molecule has 5 heteroatoms. The van der Waals surface area contributed by atoms with Crippen molar-refractivity contribution in [3.63, 3.8) is 0 Å². The van der Waals surface area contributed by atoms with Gasteiger partial charge in [-0.15, -0.1) is 0 Å². The molecule has 0 atom stereocenters. The Balaban J connectivity index is 2.36. The van der Waals surface area contributed by atoms with Crippen LogP contribution in [0, 0.1) is 5.41 Å². The van der Waals surface area contributed by atoms with Crippen LogP contribution in [0.4, 0.5) is 0 Å². The van der Waals surface area contributed by atoms with Crippen molar-refractivity contribution in [2.75, 3.05) is 13.2 Å². The minimum Gasteiger partial charge on any atom is -0.375 e. The van der Waals surface area contributed by atoms with E-state index in [1.807, 2.05) is 27.7 Å². The summed E-state index contributed by atoms with van der Waals surface area (Å²) in [7, 11) is 3.41. The van der Waals surface area contributed by atoms with Gasteiger partial charge in [0.05, 0.1) is 11.0 Å². The van der Waals surface area contributed by atoms with Crippen molar-refractivity contribution in [2.45, 2.75) is 46.1 Å². The summed E-state index contributed by atoms with van der Waals surface area (Å²) in [6.45, 7) is 8.95. The summed E-state index contributed by atoms with van der Waals surface area (Å²) in [5, 5.41) is 0. The van der Waals surface area contributed by atoms with Gasteiger partial charge >= 0.3 is 0 Å². The van der Waals surface area contributed by atoms with Gasteiger partial charge in [0, 0.05) is 24.6 Å². The number of carbonyl (C=O) groups is 2. The van der Waals surface area contributed by atoms with E-state index in [4.69, 9.17) is 4.74 Å². The van der Waals surface area contributed by atoms with E-state index in [1.165, 1.54) is 0 Å². The third-order valence-electron chi connectivity index (χ3n) is 3.44. The molecule has 1 aliphatic heterocycles. The number of hydrogen-bond acceptors (Lipinski definition) is 3. The molecule has 0 aliphatic carbocycles. The Morgan fingerprint density at radius 2 is 1.90 bits per heavy atom. The zero-order valence-corrected chi connectivity index (χ0v) is 13.7. The first-order valence-corrected chi connectivity index (χ1v) is 7.35. The predicted octanol–water partition coefficient (Wildman–Crippen LogP) is 2.46. The molecule has 0 fully saturated rings. The summed E-state index contributed by atoms with van der Waals surface area (Å²) in [6, 6.07) is 0. The van der Waals surface area contributed by atoms with E-state index < -0.39 is 0 Å². The van der Waals surface area contributed by atoms with Gasteiger partial charge in [0.2, 0.25) is 0 Å². The summed E-state index contributed by atoms with van der Waals surface area (Å²) in [5.41, 5.74) is 0.114. The van der Waals surface area contributed by atoms with Gasteiger partial charge in [0.15, 0.2) is 0 Å². The summed E-state index contributed by atoms with van der Waals surface area (Å²) in [5.74, 6) is -0.00658. The van der Waals surface area contributed by atoms with Crippen molar-refractivity contribution in [3.8, 4) is 0 Å². The predicted molar refractivity (Wildman–Crippen MR) is 83.3 cm³/mol. The number of nitrogens with zero attached hydrogens (tertiary/aromatic N) is 1. The fraction of sp³-hybridized carbons (Fsp3) is 0.667. The van der Waals surface area contributed by atoms with Crippen LogP contribution in [-0.2, 0) is 14.3 Å². The van der Waals surface area contributed by atoms with Gasteiger partial charge in [-0.05, 0) is 32.8 Å². The zero-order chi connectivity index (χ0) is 15.4. The van der Waals surface area contributed by atoms with Crippen LogP contribution in [0.15, 0.2) is 12.2 Å². The van der Waals surface area contributed by atoms with Gasteiger partial charge in [0.1, 0.15) is 6.29 Å². The summed E-state index contributed by atoms with van der Waals surface area (Å²) in [4.78, 5) is 24.1. The number of hydrogen-bond donors (Lipinski definition) is 0. The number of rotatable bonds is 8. The lowest BCUT2D eigenvalue weighted by molar-refractivity contribution is -0.123. The van der Waals surface area contributed by atoms with Gasteiger partial charge in [0.25, 0.3) is 5.91 Å². The second kappa shape index (κ2) is 6.64. The molecular weight excluding hydrogens is 273 g/mol. The first-order chi connectivity index (χ1) is 9.17. The van der Waals surface area contributed by atoms with E-state index in [-0.39, 0.29) is 16.9 Å². The molecule has 0 aromatic rings. The van der Waals surface area contributed by atoms with Crippen LogP contribution in [0.3, 0.4) is 0 Å². The topological polar surface area (TPSA) is 46.6 Å². The molecular formula is C15H24NO3P. The molecule has 0 unspecified atom stereocenters. The molecule has 112 valence electrons. The van der Waals surface area contributed by atoms with Crippen LogP contribution in [0.1, 0.15) is 40.5 Å². The van der Waals surface area contributed by atoms with Gasteiger partial charge < -0.3 is 14.4 Å². The Bertz CT molecular complexity index is 409. The second-order valence-corrected chi connectivity index (χ2v) is 6.94. The van der Waals surface area contributed by atoms with E-state index in [0.29, 0.717) is 19.6 Å². The fourth-order valence-electron chi connectivity index (χ4n) is 1.78. The van der Waals surface area contributed by atoms with Crippen LogP contribution in [0.25, 0.3) is 0 Å². The summed E-state index contributed by atoms with van der Waals surface area (Å²) >= 11 is 0. The zero-order valence-electron chi connectivity index (χ0n) is 12.7. The number of amides is 1. The number of carbonyl (C=O) groups excluding carboxylic acids is 2. The van der Waals surface area contributed by atoms with E-state index in [2.05, 4.69) is 8.86 Å². The average Bonchev–Trinajstić information content (AvgIpc) is 2.66. The molecule has 0 saturated heterocycles. The Morgan fingerprint density at radius 1 is 1.25 bits per heavy atom. The molecule has 20 heavy (non-hydrogen) atoms. The normalized spacial score (nSPS) is 16.1. The Morgan fingerprint density at radius 3 is 2.40 bits per heavy atom. The highest BCUT2D eigenvalue weighted by Gasteiger charge is 2.25. The molecule has 0 radical (unpaired) electrons. The number of aldehydes is 1. The average molecular weight is 297 g/mol. The van der Waals surface area contributed by atoms with Crippen LogP contribution in [-0.4, -0.2) is 41.3 Å². The van der Waals surface area contributed by atoms with Crippen molar-refractivity contribution in [1.29, 1.82) is 0 Å². The van der Waals surface area contributed by atoms with E-state index in [9.17, 15) is 9.59 Å². The van der Waals surface area contributed by atoms with Crippen molar-refractivity contribution in [3.05, 3.63) is 12.2 Å². The van der Waals surface area contributed by atoms with Gasteiger partial charge in [-0.25, -0.2) is 0 Å². The molecule has 1 heterocycles. The Hall–Kier alpha value is -0.990. The van der Waals surface area contributed by atoms with Crippen molar-refractivity contribution < 1.29 is 14.3 Å². The monoisotopic (exact) mass is 297 g/mol. The SMILES string of the molecule is CC(C)(C=O)CCOC(C)(C)CCN1C(=O)C=CC1=P. The van der Waals surface area contributed by atoms with Crippen LogP contribution in [0.2, 0.25) is 0 Å². The maximum absolute atomic E-state index is 11.6. The standard InChI is InChI=1S/C15H24NO3P/c1-14(2,11-17)8-10-19-15(3,4)7-9-16-12(18)5-6-13(16)20/h5-6,11,20H,7-10H2,1-4H3.